The number of nitrogen functional groups attached to an aromatic ring is 1. The quantitative estimate of drug-likeness (QED) is 0.525. The zero-order valence-electron chi connectivity index (χ0n) is 16.5. The maximum atomic E-state index is 12.9. The van der Waals surface area contributed by atoms with Crippen LogP contribution in [0.2, 0.25) is 0 Å². The summed E-state index contributed by atoms with van der Waals surface area (Å²) in [4.78, 5) is 25.8. The molecule has 2 aromatic carbocycles. The molecule has 0 atom stereocenters. The minimum absolute atomic E-state index is 0.0986. The summed E-state index contributed by atoms with van der Waals surface area (Å²) >= 11 is 0. The van der Waals surface area contributed by atoms with E-state index >= 15 is 0 Å². The van der Waals surface area contributed by atoms with Crippen molar-refractivity contribution in [2.24, 2.45) is 0 Å². The van der Waals surface area contributed by atoms with Gasteiger partial charge in [-0.05, 0) is 37.1 Å². The molecule has 2 heterocycles. The predicted molar refractivity (Wildman–Crippen MR) is 114 cm³/mol. The summed E-state index contributed by atoms with van der Waals surface area (Å²) in [7, 11) is 0. The van der Waals surface area contributed by atoms with Crippen LogP contribution in [-0.2, 0) is 19.5 Å². The van der Waals surface area contributed by atoms with Crippen molar-refractivity contribution in [3.05, 3.63) is 70.4 Å². The molecule has 0 aliphatic carbocycles. The first-order valence-electron chi connectivity index (χ1n) is 9.64. The van der Waals surface area contributed by atoms with Crippen LogP contribution in [0.1, 0.15) is 25.2 Å². The first-order chi connectivity index (χ1) is 14.1. The van der Waals surface area contributed by atoms with Crippen molar-refractivity contribution in [3.8, 4) is 0 Å². The van der Waals surface area contributed by atoms with Crippen molar-refractivity contribution in [2.45, 2.75) is 33.4 Å². The molecule has 0 aliphatic heterocycles. The molecule has 148 valence electrons. The van der Waals surface area contributed by atoms with Crippen LogP contribution in [0.15, 0.2) is 53.3 Å². The molecule has 0 spiro atoms. The highest BCUT2D eigenvalue weighted by Gasteiger charge is 2.14. The van der Waals surface area contributed by atoms with Crippen LogP contribution < -0.4 is 16.7 Å². The number of fused-ring (bicyclic) bond motifs is 1. The minimum atomic E-state index is -0.0986. The van der Waals surface area contributed by atoms with Crippen LogP contribution in [-0.4, -0.2) is 24.1 Å². The Hall–Kier alpha value is -3.68. The summed E-state index contributed by atoms with van der Waals surface area (Å²) in [5.74, 6) is 0.898. The number of benzene rings is 2. The molecule has 0 radical (unpaired) electrons. The molecule has 0 fully saturated rings. The molecule has 3 N–H and O–H groups in total. The van der Waals surface area contributed by atoms with Gasteiger partial charge in [-0.3, -0.25) is 9.13 Å². The van der Waals surface area contributed by atoms with E-state index in [1.807, 2.05) is 55.5 Å². The Balaban J connectivity index is 1.72. The van der Waals surface area contributed by atoms with E-state index in [1.54, 1.807) is 9.13 Å². The fourth-order valence-corrected chi connectivity index (χ4v) is 3.51. The molecule has 4 aromatic rings. The fourth-order valence-electron chi connectivity index (χ4n) is 3.51. The van der Waals surface area contributed by atoms with Crippen LogP contribution in [0.3, 0.4) is 0 Å². The van der Waals surface area contributed by atoms with Gasteiger partial charge in [-0.15, -0.1) is 0 Å². The summed E-state index contributed by atoms with van der Waals surface area (Å²) in [6, 6.07) is 15.7. The van der Waals surface area contributed by atoms with Crippen molar-refractivity contribution >= 4 is 28.6 Å². The van der Waals surface area contributed by atoms with E-state index in [1.165, 1.54) is 0 Å². The zero-order valence-corrected chi connectivity index (χ0v) is 16.5. The third-order valence-electron chi connectivity index (χ3n) is 4.88. The third-order valence-corrected chi connectivity index (χ3v) is 4.88. The Morgan fingerprint density at radius 1 is 0.931 bits per heavy atom. The molecule has 2 aromatic heterocycles. The van der Waals surface area contributed by atoms with E-state index in [0.717, 1.165) is 28.7 Å². The van der Waals surface area contributed by atoms with Crippen LogP contribution in [0.25, 0.3) is 11.0 Å². The van der Waals surface area contributed by atoms with E-state index < -0.39 is 0 Å². The van der Waals surface area contributed by atoms with Crippen LogP contribution in [0.5, 0.6) is 0 Å². The third kappa shape index (κ3) is 3.56. The lowest BCUT2D eigenvalue weighted by Gasteiger charge is -2.11. The van der Waals surface area contributed by atoms with E-state index in [4.69, 9.17) is 5.73 Å². The number of para-hydroxylation sites is 3. The average molecular weight is 389 g/mol. The number of imidazole rings is 1. The molecule has 4 rings (SSSR count). The lowest BCUT2D eigenvalue weighted by Crippen LogP contribution is -2.25. The second-order valence-corrected chi connectivity index (χ2v) is 6.67. The van der Waals surface area contributed by atoms with Crippen molar-refractivity contribution in [3.63, 3.8) is 0 Å². The highest BCUT2D eigenvalue weighted by Crippen LogP contribution is 2.20. The van der Waals surface area contributed by atoms with Crippen LogP contribution >= 0.6 is 0 Å². The average Bonchev–Trinajstić information content (AvgIpc) is 2.99. The lowest BCUT2D eigenvalue weighted by molar-refractivity contribution is 0.666. The number of nitrogens with two attached hydrogens (primary N) is 1. The molecule has 0 saturated heterocycles. The largest absolute Gasteiger partial charge is 0.368 e. The van der Waals surface area contributed by atoms with Gasteiger partial charge >= 0.3 is 5.69 Å². The Labute approximate surface area is 168 Å². The minimum Gasteiger partial charge on any atom is -0.368 e. The molecule has 0 unspecified atom stereocenters. The number of hydrogen-bond acceptors (Lipinski definition) is 6. The summed E-state index contributed by atoms with van der Waals surface area (Å²) < 4.78 is 3.40. The van der Waals surface area contributed by atoms with Gasteiger partial charge in [0.1, 0.15) is 0 Å². The molecule has 8 heteroatoms. The fraction of sp³-hybridized carbons (Fsp3) is 0.238. The second kappa shape index (κ2) is 7.75. The number of rotatable bonds is 6. The van der Waals surface area contributed by atoms with Gasteiger partial charge in [0.25, 0.3) is 0 Å². The van der Waals surface area contributed by atoms with E-state index in [9.17, 15) is 4.79 Å². The smallest absolute Gasteiger partial charge is 0.329 e. The summed E-state index contributed by atoms with van der Waals surface area (Å²) in [6.45, 7) is 4.84. The highest BCUT2D eigenvalue weighted by molar-refractivity contribution is 5.76. The van der Waals surface area contributed by atoms with E-state index in [2.05, 4.69) is 27.2 Å². The van der Waals surface area contributed by atoms with Gasteiger partial charge in [-0.25, -0.2) is 4.79 Å². The predicted octanol–water partition coefficient (Wildman–Crippen LogP) is 2.94. The van der Waals surface area contributed by atoms with Gasteiger partial charge < -0.3 is 11.1 Å². The summed E-state index contributed by atoms with van der Waals surface area (Å²) in [5.41, 5.74) is 9.62. The van der Waals surface area contributed by atoms with Gasteiger partial charge in [0.05, 0.1) is 17.6 Å². The Morgan fingerprint density at radius 2 is 1.62 bits per heavy atom. The molecule has 29 heavy (non-hydrogen) atoms. The summed E-state index contributed by atoms with van der Waals surface area (Å²) in [6.07, 6.45) is 0.877. The normalized spacial score (nSPS) is 11.1. The maximum absolute atomic E-state index is 12.9. The van der Waals surface area contributed by atoms with Gasteiger partial charge in [-0.2, -0.15) is 15.0 Å². The maximum Gasteiger partial charge on any atom is 0.329 e. The van der Waals surface area contributed by atoms with Crippen molar-refractivity contribution in [2.75, 3.05) is 11.1 Å². The van der Waals surface area contributed by atoms with Gasteiger partial charge in [0.15, 0.2) is 5.82 Å². The van der Waals surface area contributed by atoms with Gasteiger partial charge in [0.2, 0.25) is 11.9 Å². The van der Waals surface area contributed by atoms with Crippen LogP contribution in [0, 0.1) is 0 Å². The first-order valence-corrected chi connectivity index (χ1v) is 9.64. The number of aromatic nitrogens is 5. The summed E-state index contributed by atoms with van der Waals surface area (Å²) in [5, 5.41) is 3.22. The number of nitrogens with one attached hydrogen (secondary N) is 1. The Kier molecular flexibility index (Phi) is 4.99. The number of hydrogen-bond donors (Lipinski definition) is 2. The molecular weight excluding hydrogens is 366 g/mol. The monoisotopic (exact) mass is 389 g/mol. The zero-order chi connectivity index (χ0) is 20.4. The Bertz CT molecular complexity index is 1230. The van der Waals surface area contributed by atoms with Gasteiger partial charge in [-0.1, -0.05) is 37.3 Å². The van der Waals surface area contributed by atoms with E-state index in [0.29, 0.717) is 18.3 Å². The molecule has 8 nitrogen and oxygen atoms in total. The van der Waals surface area contributed by atoms with Crippen molar-refractivity contribution < 1.29 is 0 Å². The van der Waals surface area contributed by atoms with Crippen molar-refractivity contribution in [1.82, 2.24) is 24.1 Å². The molecular formula is C21H23N7O. The molecule has 0 bridgehead atoms. The van der Waals surface area contributed by atoms with Crippen molar-refractivity contribution in [1.29, 1.82) is 0 Å². The van der Waals surface area contributed by atoms with Gasteiger partial charge in [0, 0.05) is 12.2 Å². The molecule has 0 amide bonds. The second-order valence-electron chi connectivity index (χ2n) is 6.67. The number of nitrogens with zero attached hydrogens (tertiary/aromatic N) is 5. The van der Waals surface area contributed by atoms with E-state index in [-0.39, 0.29) is 18.2 Å². The Morgan fingerprint density at radius 3 is 2.34 bits per heavy atom. The lowest BCUT2D eigenvalue weighted by atomic mass is 10.1. The first kappa shape index (κ1) is 18.7. The van der Waals surface area contributed by atoms with Crippen LogP contribution in [0.4, 0.5) is 17.6 Å². The topological polar surface area (TPSA) is 104 Å². The SMILES string of the molecule is CCc1ccccc1Nc1nc(N)nc(Cn2c(=O)n(CC)c3ccccc32)n1. The number of aryl methyl sites for hydroxylation is 2. The molecule has 0 saturated carbocycles. The number of anilines is 3. The highest BCUT2D eigenvalue weighted by atomic mass is 16.1. The molecule has 0 aliphatic rings. The standard InChI is InChI=1S/C21H23N7O/c1-3-14-9-5-6-10-15(14)23-20-25-18(24-19(22)26-20)13-28-17-12-8-7-11-16(17)27(4-2)21(28)29/h5-12H,3-4,13H2,1-2H3,(H3,22,23,24,25,26).